The predicted molar refractivity (Wildman–Crippen MR) is 105 cm³/mol. The normalized spacial score (nSPS) is 12.0. The maximum absolute atomic E-state index is 13.3. The Morgan fingerprint density at radius 1 is 1.04 bits per heavy atom. The first-order valence-corrected chi connectivity index (χ1v) is 9.87. The highest BCUT2D eigenvalue weighted by Crippen LogP contribution is 2.34. The Morgan fingerprint density at radius 3 is 2.32 bits per heavy atom. The van der Waals surface area contributed by atoms with Crippen LogP contribution < -0.4 is 5.32 Å². The first-order chi connectivity index (χ1) is 13.4. The van der Waals surface area contributed by atoms with E-state index in [1.54, 1.807) is 6.07 Å². The van der Waals surface area contributed by atoms with Crippen LogP contribution in [-0.4, -0.2) is 22.3 Å². The van der Waals surface area contributed by atoms with E-state index in [-0.39, 0.29) is 10.7 Å². The molecule has 0 unspecified atom stereocenters. The fraction of sp³-hybridized carbons (Fsp3) is 0.105. The highest BCUT2D eigenvalue weighted by atomic mass is 32.2. The van der Waals surface area contributed by atoms with Crippen LogP contribution in [0.25, 0.3) is 5.57 Å². The summed E-state index contributed by atoms with van der Waals surface area (Å²) in [7, 11) is 0. The van der Waals surface area contributed by atoms with E-state index in [1.165, 1.54) is 36.0 Å². The molecule has 3 rings (SSSR count). The number of amides is 1. The highest BCUT2D eigenvalue weighted by Gasteiger charge is 2.35. The molecule has 0 aliphatic heterocycles. The summed E-state index contributed by atoms with van der Waals surface area (Å²) in [5.74, 6) is -0.234. The lowest BCUT2D eigenvalue weighted by atomic mass is 10.1. The number of hydrogen-bond donors (Lipinski definition) is 1. The third-order valence-electron chi connectivity index (χ3n) is 3.51. The molecule has 1 heterocycles. The number of alkyl halides is 3. The molecule has 2 aromatic carbocycles. The maximum atomic E-state index is 13.3. The smallest absolute Gasteiger partial charge is 0.297 e. The van der Waals surface area contributed by atoms with Crippen molar-refractivity contribution in [2.75, 3.05) is 5.32 Å². The van der Waals surface area contributed by atoms with Gasteiger partial charge in [0, 0.05) is 11.8 Å². The molecule has 0 atom stereocenters. The summed E-state index contributed by atoms with van der Waals surface area (Å²) in [6, 6.07) is 16.9. The van der Waals surface area contributed by atoms with Gasteiger partial charge in [-0.15, -0.1) is 10.2 Å². The average Bonchev–Trinajstić information content (AvgIpc) is 3.12. The molecule has 1 aromatic heterocycles. The minimum Gasteiger partial charge on any atom is -0.297 e. The fourth-order valence-electron chi connectivity index (χ4n) is 2.26. The summed E-state index contributed by atoms with van der Waals surface area (Å²) in [6.07, 6.45) is -4.12. The monoisotopic (exact) mass is 421 g/mol. The van der Waals surface area contributed by atoms with E-state index in [9.17, 15) is 18.0 Å². The Hall–Kier alpha value is -2.65. The van der Waals surface area contributed by atoms with Crippen molar-refractivity contribution < 1.29 is 18.0 Å². The third kappa shape index (κ3) is 5.67. The van der Waals surface area contributed by atoms with Crippen molar-refractivity contribution >= 4 is 39.7 Å². The summed E-state index contributed by atoms with van der Waals surface area (Å²) in [5, 5.41) is 10.3. The molecular formula is C19H14F3N3OS2. The van der Waals surface area contributed by atoms with Crippen molar-refractivity contribution in [1.82, 2.24) is 10.2 Å². The maximum Gasteiger partial charge on any atom is 0.417 e. The van der Waals surface area contributed by atoms with Crippen molar-refractivity contribution in [1.29, 1.82) is 0 Å². The van der Waals surface area contributed by atoms with Gasteiger partial charge in [-0.25, -0.2) is 0 Å². The van der Waals surface area contributed by atoms with Gasteiger partial charge in [-0.1, -0.05) is 83.8 Å². The Balaban J connectivity index is 1.67. The largest absolute Gasteiger partial charge is 0.417 e. The minimum atomic E-state index is -4.66. The van der Waals surface area contributed by atoms with Gasteiger partial charge in [-0.3, -0.25) is 10.1 Å². The van der Waals surface area contributed by atoms with E-state index in [0.29, 0.717) is 16.2 Å². The molecule has 4 nitrogen and oxygen atoms in total. The highest BCUT2D eigenvalue weighted by molar-refractivity contribution is 8.00. The molecule has 28 heavy (non-hydrogen) atoms. The van der Waals surface area contributed by atoms with Gasteiger partial charge in [-0.2, -0.15) is 13.2 Å². The van der Waals surface area contributed by atoms with Crippen LogP contribution >= 0.6 is 23.1 Å². The number of benzene rings is 2. The summed E-state index contributed by atoms with van der Waals surface area (Å²) in [5.41, 5.74) is 0.00390. The van der Waals surface area contributed by atoms with E-state index >= 15 is 0 Å². The standard InChI is InChI=1S/C19H14F3N3OS2/c20-19(21,22)15(14-9-5-2-6-10-14)11-16(26)23-17-24-25-18(28-17)27-12-13-7-3-1-4-8-13/h1-11H,12H2,(H,23,24,26)/b15-11-. The summed E-state index contributed by atoms with van der Waals surface area (Å²) < 4.78 is 40.5. The molecule has 9 heteroatoms. The van der Waals surface area contributed by atoms with E-state index in [4.69, 9.17) is 0 Å². The van der Waals surface area contributed by atoms with E-state index in [1.807, 2.05) is 30.3 Å². The number of allylic oxidation sites excluding steroid dienone is 1. The van der Waals surface area contributed by atoms with E-state index in [2.05, 4.69) is 15.5 Å². The van der Waals surface area contributed by atoms with E-state index in [0.717, 1.165) is 16.9 Å². The number of carbonyl (C=O) groups is 1. The second kappa shape index (κ2) is 9.03. The van der Waals surface area contributed by atoms with Gasteiger partial charge in [0.1, 0.15) is 0 Å². The SMILES string of the molecule is O=C(/C=C(/c1ccccc1)C(F)(F)F)Nc1nnc(SCc2ccccc2)s1. The number of nitrogens with one attached hydrogen (secondary N) is 1. The molecule has 144 valence electrons. The molecule has 3 aromatic rings. The van der Waals surface area contributed by atoms with Gasteiger partial charge in [0.05, 0.1) is 5.57 Å². The molecular weight excluding hydrogens is 407 g/mol. The number of nitrogens with zero attached hydrogens (tertiary/aromatic N) is 2. The van der Waals surface area contributed by atoms with Crippen molar-refractivity contribution in [3.05, 3.63) is 77.9 Å². The molecule has 0 spiro atoms. The van der Waals surface area contributed by atoms with Gasteiger partial charge >= 0.3 is 6.18 Å². The Bertz CT molecular complexity index is 957. The van der Waals surface area contributed by atoms with Crippen LogP contribution in [0.3, 0.4) is 0 Å². The van der Waals surface area contributed by atoms with Crippen molar-refractivity contribution in [3.63, 3.8) is 0 Å². The van der Waals surface area contributed by atoms with Gasteiger partial charge in [-0.05, 0) is 11.1 Å². The first-order valence-electron chi connectivity index (χ1n) is 8.07. The first kappa shape index (κ1) is 20.1. The van der Waals surface area contributed by atoms with Gasteiger partial charge < -0.3 is 0 Å². The Kier molecular flexibility index (Phi) is 6.48. The van der Waals surface area contributed by atoms with Crippen LogP contribution in [-0.2, 0) is 10.5 Å². The van der Waals surface area contributed by atoms with Crippen LogP contribution in [0.1, 0.15) is 11.1 Å². The van der Waals surface area contributed by atoms with Crippen LogP contribution in [0.5, 0.6) is 0 Å². The van der Waals surface area contributed by atoms with Crippen LogP contribution in [0.15, 0.2) is 71.1 Å². The van der Waals surface area contributed by atoms with Crippen LogP contribution in [0.4, 0.5) is 18.3 Å². The minimum absolute atomic E-state index is 0.0819. The number of rotatable bonds is 6. The number of hydrogen-bond acceptors (Lipinski definition) is 5. The Labute approximate surface area is 167 Å². The molecule has 1 N–H and O–H groups in total. The lowest BCUT2D eigenvalue weighted by molar-refractivity contribution is -0.112. The fourth-order valence-corrected chi connectivity index (χ4v) is 3.97. The van der Waals surface area contributed by atoms with Gasteiger partial charge in [0.25, 0.3) is 5.91 Å². The van der Waals surface area contributed by atoms with Crippen molar-refractivity contribution in [3.8, 4) is 0 Å². The number of aromatic nitrogens is 2. The predicted octanol–water partition coefficient (Wildman–Crippen LogP) is 5.41. The van der Waals surface area contributed by atoms with Gasteiger partial charge in [0.15, 0.2) is 4.34 Å². The molecule has 1 amide bonds. The Morgan fingerprint density at radius 2 is 1.68 bits per heavy atom. The lowest BCUT2D eigenvalue weighted by Gasteiger charge is -2.11. The summed E-state index contributed by atoms with van der Waals surface area (Å²) in [4.78, 5) is 12.1. The topological polar surface area (TPSA) is 54.9 Å². The van der Waals surface area contributed by atoms with Crippen LogP contribution in [0, 0.1) is 0 Å². The average molecular weight is 421 g/mol. The molecule has 0 saturated carbocycles. The third-order valence-corrected chi connectivity index (χ3v) is 5.55. The summed E-state index contributed by atoms with van der Waals surface area (Å²) >= 11 is 2.54. The zero-order chi connectivity index (χ0) is 20.0. The van der Waals surface area contributed by atoms with Crippen molar-refractivity contribution in [2.45, 2.75) is 16.3 Å². The number of carbonyl (C=O) groups excluding carboxylic acids is 1. The van der Waals surface area contributed by atoms with E-state index < -0.39 is 17.7 Å². The van der Waals surface area contributed by atoms with Crippen molar-refractivity contribution in [2.24, 2.45) is 0 Å². The zero-order valence-corrected chi connectivity index (χ0v) is 15.9. The van der Waals surface area contributed by atoms with Gasteiger partial charge in [0.2, 0.25) is 5.13 Å². The molecule has 0 fully saturated rings. The second-order valence-corrected chi connectivity index (χ2v) is 7.76. The molecule has 0 aliphatic rings. The molecule has 0 saturated heterocycles. The molecule has 0 aliphatic carbocycles. The summed E-state index contributed by atoms with van der Waals surface area (Å²) in [6.45, 7) is 0. The van der Waals surface area contributed by atoms with Crippen LogP contribution in [0.2, 0.25) is 0 Å². The second-order valence-electron chi connectivity index (χ2n) is 5.56. The number of halogens is 3. The lowest BCUT2D eigenvalue weighted by Crippen LogP contribution is -2.16. The molecule has 0 radical (unpaired) electrons. The number of anilines is 1. The zero-order valence-electron chi connectivity index (χ0n) is 14.3. The molecule has 0 bridgehead atoms. The number of thioether (sulfide) groups is 1. The quantitative estimate of drug-likeness (QED) is 0.328.